The van der Waals surface area contributed by atoms with Gasteiger partial charge in [-0.25, -0.2) is 0 Å². The number of nitrogens with two attached hydrogens (primary N) is 1. The highest BCUT2D eigenvalue weighted by molar-refractivity contribution is 7.09. The van der Waals surface area contributed by atoms with Crippen molar-refractivity contribution in [3.8, 4) is 0 Å². The Labute approximate surface area is 82.0 Å². The second-order valence-corrected chi connectivity index (χ2v) is 4.63. The van der Waals surface area contributed by atoms with Gasteiger partial charge in [0.15, 0.2) is 0 Å². The van der Waals surface area contributed by atoms with Crippen molar-refractivity contribution < 1.29 is 4.79 Å². The van der Waals surface area contributed by atoms with E-state index in [1.54, 1.807) is 11.7 Å². The molecule has 4 heteroatoms. The lowest BCUT2D eigenvalue weighted by molar-refractivity contribution is -0.125. The van der Waals surface area contributed by atoms with Crippen molar-refractivity contribution in [2.45, 2.75) is 20.3 Å². The molecule has 1 aromatic rings. The van der Waals surface area contributed by atoms with E-state index in [0.29, 0.717) is 13.0 Å². The van der Waals surface area contributed by atoms with Gasteiger partial charge < -0.3 is 5.73 Å². The van der Waals surface area contributed by atoms with E-state index in [0.717, 1.165) is 4.88 Å². The van der Waals surface area contributed by atoms with Gasteiger partial charge in [-0.2, -0.15) is 0 Å². The number of carbonyl (C=O) groups is 1. The van der Waals surface area contributed by atoms with E-state index in [4.69, 9.17) is 5.73 Å². The molecule has 0 amide bonds. The maximum absolute atomic E-state index is 11.7. The summed E-state index contributed by atoms with van der Waals surface area (Å²) < 4.78 is 0. The lowest BCUT2D eigenvalue weighted by Crippen LogP contribution is -2.33. The van der Waals surface area contributed by atoms with Crippen LogP contribution in [0.2, 0.25) is 0 Å². The Balaban J connectivity index is 2.61. The summed E-state index contributed by atoms with van der Waals surface area (Å²) in [7, 11) is 0. The molecule has 0 aliphatic heterocycles. The zero-order valence-corrected chi connectivity index (χ0v) is 8.73. The molecule has 1 rings (SSSR count). The first kappa shape index (κ1) is 10.3. The maximum Gasteiger partial charge on any atom is 0.144 e. The lowest BCUT2D eigenvalue weighted by Gasteiger charge is -2.19. The third-order valence-corrected chi connectivity index (χ3v) is 2.86. The van der Waals surface area contributed by atoms with E-state index < -0.39 is 5.41 Å². The van der Waals surface area contributed by atoms with Gasteiger partial charge in [-0.1, -0.05) is 13.8 Å². The van der Waals surface area contributed by atoms with Crippen molar-refractivity contribution in [3.05, 3.63) is 16.6 Å². The quantitative estimate of drug-likeness (QED) is 0.792. The summed E-state index contributed by atoms with van der Waals surface area (Å²) in [5, 5.41) is 0. The highest BCUT2D eigenvalue weighted by Gasteiger charge is 2.25. The van der Waals surface area contributed by atoms with Crippen LogP contribution in [0, 0.1) is 5.41 Å². The van der Waals surface area contributed by atoms with Crippen molar-refractivity contribution in [3.63, 3.8) is 0 Å². The van der Waals surface area contributed by atoms with E-state index >= 15 is 0 Å². The molecule has 0 aliphatic carbocycles. The molecule has 13 heavy (non-hydrogen) atoms. The zero-order chi connectivity index (χ0) is 9.90. The third-order valence-electron chi connectivity index (χ3n) is 2.08. The van der Waals surface area contributed by atoms with Gasteiger partial charge in [-0.3, -0.25) is 9.78 Å². The zero-order valence-electron chi connectivity index (χ0n) is 7.91. The number of thiazole rings is 1. The van der Waals surface area contributed by atoms with Crippen LogP contribution in [0.25, 0.3) is 0 Å². The van der Waals surface area contributed by atoms with Gasteiger partial charge in [0.2, 0.25) is 0 Å². The standard InChI is InChI=1S/C9H14N2OS/c1-9(2,5-10)8(12)3-7-4-11-6-13-7/h4,6H,3,5,10H2,1-2H3. The van der Waals surface area contributed by atoms with Gasteiger partial charge in [0, 0.05) is 29.5 Å². The van der Waals surface area contributed by atoms with E-state index in [1.807, 2.05) is 13.8 Å². The van der Waals surface area contributed by atoms with Crippen molar-refractivity contribution in [2.24, 2.45) is 11.1 Å². The molecule has 0 aromatic carbocycles. The van der Waals surface area contributed by atoms with Crippen LogP contribution >= 0.6 is 11.3 Å². The minimum atomic E-state index is -0.413. The summed E-state index contributed by atoms with van der Waals surface area (Å²) >= 11 is 1.51. The first-order chi connectivity index (χ1) is 6.06. The molecule has 0 saturated carbocycles. The molecule has 1 aromatic heterocycles. The molecule has 0 saturated heterocycles. The van der Waals surface area contributed by atoms with Crippen LogP contribution < -0.4 is 5.73 Å². The number of Topliss-reactive ketones (excluding diaryl/α,β-unsaturated/α-hetero) is 1. The summed E-state index contributed by atoms with van der Waals surface area (Å²) in [5.41, 5.74) is 6.82. The number of carbonyl (C=O) groups excluding carboxylic acids is 1. The second kappa shape index (κ2) is 3.98. The normalized spacial score (nSPS) is 11.6. The van der Waals surface area contributed by atoms with Crippen LogP contribution in [0.5, 0.6) is 0 Å². The molecule has 0 radical (unpaired) electrons. The van der Waals surface area contributed by atoms with E-state index in [-0.39, 0.29) is 5.78 Å². The van der Waals surface area contributed by atoms with Crippen LogP contribution in [0.1, 0.15) is 18.7 Å². The Morgan fingerprint density at radius 2 is 2.38 bits per heavy atom. The summed E-state index contributed by atoms with van der Waals surface area (Å²) in [5.74, 6) is 0.180. The lowest BCUT2D eigenvalue weighted by atomic mass is 9.86. The van der Waals surface area contributed by atoms with Gasteiger partial charge in [0.1, 0.15) is 5.78 Å². The predicted molar refractivity (Wildman–Crippen MR) is 53.7 cm³/mol. The van der Waals surface area contributed by atoms with Crippen LogP contribution in [-0.4, -0.2) is 17.3 Å². The molecule has 72 valence electrons. The van der Waals surface area contributed by atoms with Gasteiger partial charge in [0.25, 0.3) is 0 Å². The van der Waals surface area contributed by atoms with E-state index in [1.165, 1.54) is 11.3 Å². The SMILES string of the molecule is CC(C)(CN)C(=O)Cc1cncs1. The molecule has 0 bridgehead atoms. The summed E-state index contributed by atoms with van der Waals surface area (Å²) in [6.45, 7) is 4.14. The largest absolute Gasteiger partial charge is 0.329 e. The average Bonchev–Trinajstić information content (AvgIpc) is 2.57. The number of rotatable bonds is 4. The minimum absolute atomic E-state index is 0.180. The highest BCUT2D eigenvalue weighted by atomic mass is 32.1. The summed E-state index contributed by atoms with van der Waals surface area (Å²) in [6, 6.07) is 0. The van der Waals surface area contributed by atoms with Crippen LogP contribution in [-0.2, 0) is 11.2 Å². The Kier molecular flexibility index (Phi) is 3.17. The summed E-state index contributed by atoms with van der Waals surface area (Å²) in [4.78, 5) is 16.6. The topological polar surface area (TPSA) is 56.0 Å². The maximum atomic E-state index is 11.7. The van der Waals surface area contributed by atoms with Gasteiger partial charge >= 0.3 is 0 Å². The fourth-order valence-corrected chi connectivity index (χ4v) is 1.43. The fraction of sp³-hybridized carbons (Fsp3) is 0.556. The van der Waals surface area contributed by atoms with Gasteiger partial charge in [0.05, 0.1) is 5.51 Å². The number of aromatic nitrogens is 1. The number of nitrogens with zero attached hydrogens (tertiary/aromatic N) is 1. The molecule has 0 unspecified atom stereocenters. The Morgan fingerprint density at radius 1 is 1.69 bits per heavy atom. The molecule has 3 nitrogen and oxygen atoms in total. The first-order valence-corrected chi connectivity index (χ1v) is 5.05. The van der Waals surface area contributed by atoms with Crippen LogP contribution in [0.4, 0.5) is 0 Å². The molecule has 0 aliphatic rings. The third kappa shape index (κ3) is 2.60. The average molecular weight is 198 g/mol. The highest BCUT2D eigenvalue weighted by Crippen LogP contribution is 2.18. The molecule has 2 N–H and O–H groups in total. The minimum Gasteiger partial charge on any atom is -0.329 e. The molecule has 0 fully saturated rings. The van der Waals surface area contributed by atoms with Gasteiger partial charge in [-0.05, 0) is 0 Å². The van der Waals surface area contributed by atoms with Crippen LogP contribution in [0.15, 0.2) is 11.7 Å². The van der Waals surface area contributed by atoms with Gasteiger partial charge in [-0.15, -0.1) is 11.3 Å². The molecule has 0 atom stereocenters. The Hall–Kier alpha value is -0.740. The number of hydrogen-bond acceptors (Lipinski definition) is 4. The van der Waals surface area contributed by atoms with Crippen molar-refractivity contribution in [2.75, 3.05) is 6.54 Å². The molecular weight excluding hydrogens is 184 g/mol. The molecular formula is C9H14N2OS. The monoisotopic (exact) mass is 198 g/mol. The molecule has 1 heterocycles. The van der Waals surface area contributed by atoms with Crippen molar-refractivity contribution in [1.82, 2.24) is 4.98 Å². The van der Waals surface area contributed by atoms with E-state index in [2.05, 4.69) is 4.98 Å². The van der Waals surface area contributed by atoms with E-state index in [9.17, 15) is 4.79 Å². The Morgan fingerprint density at radius 3 is 2.85 bits per heavy atom. The van der Waals surface area contributed by atoms with Crippen molar-refractivity contribution >= 4 is 17.1 Å². The number of hydrogen-bond donors (Lipinski definition) is 1. The summed E-state index contributed by atoms with van der Waals surface area (Å²) in [6.07, 6.45) is 2.18. The second-order valence-electron chi connectivity index (χ2n) is 3.66. The Bertz CT molecular complexity index is 280. The first-order valence-electron chi connectivity index (χ1n) is 4.17. The van der Waals surface area contributed by atoms with Crippen LogP contribution in [0.3, 0.4) is 0 Å². The van der Waals surface area contributed by atoms with Crippen molar-refractivity contribution in [1.29, 1.82) is 0 Å². The smallest absolute Gasteiger partial charge is 0.144 e. The molecule has 0 spiro atoms. The number of ketones is 1. The fourth-order valence-electron chi connectivity index (χ4n) is 0.841. The predicted octanol–water partition coefficient (Wildman–Crippen LogP) is 1.24.